The van der Waals surface area contributed by atoms with Crippen LogP contribution < -0.4 is 10.9 Å². The van der Waals surface area contributed by atoms with Crippen molar-refractivity contribution >= 4 is 16.8 Å². The van der Waals surface area contributed by atoms with Crippen LogP contribution in [-0.4, -0.2) is 47.0 Å². The van der Waals surface area contributed by atoms with Gasteiger partial charge < -0.3 is 10.2 Å². The third kappa shape index (κ3) is 5.07. The van der Waals surface area contributed by atoms with Gasteiger partial charge in [0, 0.05) is 31.1 Å². The minimum absolute atomic E-state index is 0.00870. The molecule has 0 spiro atoms. The third-order valence-corrected chi connectivity index (χ3v) is 6.37. The second-order valence-electron chi connectivity index (χ2n) is 8.90. The van der Waals surface area contributed by atoms with Crippen LogP contribution in [0.1, 0.15) is 47.4 Å². The Labute approximate surface area is 189 Å². The summed E-state index contributed by atoms with van der Waals surface area (Å²) in [5.74, 6) is 0.704. The maximum Gasteiger partial charge on any atom is 0.261 e. The van der Waals surface area contributed by atoms with Gasteiger partial charge in [0.15, 0.2) is 0 Å². The number of likely N-dealkylation sites (N-methyl/N-ethyl adjacent to an activating group) is 1. The minimum atomic E-state index is -0.138. The summed E-state index contributed by atoms with van der Waals surface area (Å²) < 4.78 is 1.83. The molecule has 1 atom stereocenters. The van der Waals surface area contributed by atoms with Gasteiger partial charge in [0.2, 0.25) is 0 Å². The predicted molar refractivity (Wildman–Crippen MR) is 128 cm³/mol. The molecule has 1 aromatic heterocycles. The van der Waals surface area contributed by atoms with Crippen molar-refractivity contribution in [1.29, 1.82) is 0 Å². The smallest absolute Gasteiger partial charge is 0.261 e. The van der Waals surface area contributed by atoms with Crippen LogP contribution in [0.3, 0.4) is 0 Å². The molecule has 32 heavy (non-hydrogen) atoms. The van der Waals surface area contributed by atoms with Crippen molar-refractivity contribution in [2.75, 3.05) is 20.6 Å². The summed E-state index contributed by atoms with van der Waals surface area (Å²) in [6, 6.07) is 15.7. The van der Waals surface area contributed by atoms with Crippen LogP contribution in [0.5, 0.6) is 0 Å². The first-order chi connectivity index (χ1) is 15.5. The summed E-state index contributed by atoms with van der Waals surface area (Å²) in [5, 5.41) is 3.65. The van der Waals surface area contributed by atoms with E-state index >= 15 is 0 Å². The summed E-state index contributed by atoms with van der Waals surface area (Å²) >= 11 is 0. The Hall–Kier alpha value is -2.99. The Morgan fingerprint density at radius 2 is 1.88 bits per heavy atom. The van der Waals surface area contributed by atoms with Crippen molar-refractivity contribution in [2.45, 2.75) is 51.1 Å². The number of nitrogens with one attached hydrogen (secondary N) is 1. The number of aromatic nitrogens is 2. The van der Waals surface area contributed by atoms with E-state index in [0.29, 0.717) is 23.0 Å². The van der Waals surface area contributed by atoms with Crippen molar-refractivity contribution < 1.29 is 4.79 Å². The molecule has 1 amide bonds. The molecule has 4 rings (SSSR count). The highest BCUT2D eigenvalue weighted by atomic mass is 16.1. The van der Waals surface area contributed by atoms with Crippen molar-refractivity contribution in [2.24, 2.45) is 0 Å². The number of amides is 1. The maximum atomic E-state index is 13.0. The Morgan fingerprint density at radius 3 is 2.66 bits per heavy atom. The van der Waals surface area contributed by atoms with Gasteiger partial charge in [-0.15, -0.1) is 0 Å². The Kier molecular flexibility index (Phi) is 7.00. The molecule has 0 aliphatic carbocycles. The Bertz CT molecular complexity index is 1140. The standard InChI is InChI=1S/C26H32N4O2/c1-29(2)21(16-19-10-6-5-7-11-19)18-27-25(31)20-13-14-22-23(17-20)28-24-12-8-3-4-9-15-30(24)26(22)32/h5-7,10-11,13-14,17,21H,3-4,8-9,12,15-16,18H2,1-2H3,(H,27,31). The highest BCUT2D eigenvalue weighted by Crippen LogP contribution is 2.16. The fourth-order valence-corrected chi connectivity index (χ4v) is 4.37. The van der Waals surface area contributed by atoms with Crippen LogP contribution in [0.4, 0.5) is 0 Å². The Morgan fingerprint density at radius 1 is 1.09 bits per heavy atom. The van der Waals surface area contributed by atoms with E-state index in [0.717, 1.165) is 44.5 Å². The lowest BCUT2D eigenvalue weighted by Crippen LogP contribution is -2.41. The molecule has 6 nitrogen and oxygen atoms in total. The van der Waals surface area contributed by atoms with Gasteiger partial charge in [0.25, 0.3) is 11.5 Å². The zero-order chi connectivity index (χ0) is 22.5. The van der Waals surface area contributed by atoms with Crippen LogP contribution >= 0.6 is 0 Å². The molecule has 0 saturated carbocycles. The molecule has 0 bridgehead atoms. The van der Waals surface area contributed by atoms with Crippen molar-refractivity contribution in [3.8, 4) is 0 Å². The minimum Gasteiger partial charge on any atom is -0.350 e. The summed E-state index contributed by atoms with van der Waals surface area (Å²) in [4.78, 5) is 32.8. The monoisotopic (exact) mass is 432 g/mol. The van der Waals surface area contributed by atoms with Gasteiger partial charge in [-0.2, -0.15) is 0 Å². The first kappa shape index (κ1) is 22.2. The van der Waals surface area contributed by atoms with Crippen LogP contribution in [0.25, 0.3) is 10.9 Å². The van der Waals surface area contributed by atoms with E-state index in [9.17, 15) is 9.59 Å². The number of fused-ring (bicyclic) bond motifs is 2. The summed E-state index contributed by atoms with van der Waals surface area (Å²) in [6.07, 6.45) is 6.05. The first-order valence-electron chi connectivity index (χ1n) is 11.5. The normalized spacial score (nSPS) is 15.1. The fourth-order valence-electron chi connectivity index (χ4n) is 4.37. The van der Waals surface area contributed by atoms with Gasteiger partial charge in [-0.05, 0) is 57.1 Å². The van der Waals surface area contributed by atoms with E-state index in [-0.39, 0.29) is 17.5 Å². The van der Waals surface area contributed by atoms with E-state index in [1.54, 1.807) is 18.2 Å². The molecule has 0 fully saturated rings. The number of nitrogens with zero attached hydrogens (tertiary/aromatic N) is 3. The quantitative estimate of drug-likeness (QED) is 0.648. The number of carbonyl (C=O) groups excluding carboxylic acids is 1. The number of hydrogen-bond donors (Lipinski definition) is 1. The van der Waals surface area contributed by atoms with Crippen molar-refractivity contribution in [3.05, 3.63) is 75.8 Å². The largest absolute Gasteiger partial charge is 0.350 e. The number of hydrogen-bond acceptors (Lipinski definition) is 4. The fraction of sp³-hybridized carbons (Fsp3) is 0.423. The number of rotatable bonds is 6. The van der Waals surface area contributed by atoms with Gasteiger partial charge >= 0.3 is 0 Å². The second kappa shape index (κ2) is 10.1. The predicted octanol–water partition coefficient (Wildman–Crippen LogP) is 3.42. The molecule has 1 aliphatic heterocycles. The molecule has 0 saturated heterocycles. The summed E-state index contributed by atoms with van der Waals surface area (Å²) in [5.41, 5.74) is 2.40. The zero-order valence-electron chi connectivity index (χ0n) is 19.0. The first-order valence-corrected chi connectivity index (χ1v) is 11.5. The third-order valence-electron chi connectivity index (χ3n) is 6.37. The average molecular weight is 433 g/mol. The number of carbonyl (C=O) groups is 1. The number of benzene rings is 2. The lowest BCUT2D eigenvalue weighted by Gasteiger charge is -2.25. The zero-order valence-corrected chi connectivity index (χ0v) is 19.0. The van der Waals surface area contributed by atoms with Gasteiger partial charge in [-0.1, -0.05) is 43.2 Å². The van der Waals surface area contributed by atoms with Crippen molar-refractivity contribution in [3.63, 3.8) is 0 Å². The van der Waals surface area contributed by atoms with E-state index in [1.165, 1.54) is 12.0 Å². The van der Waals surface area contributed by atoms with Crippen LogP contribution in [0, 0.1) is 0 Å². The second-order valence-corrected chi connectivity index (χ2v) is 8.90. The molecular weight excluding hydrogens is 400 g/mol. The van der Waals surface area contributed by atoms with E-state index in [4.69, 9.17) is 4.98 Å². The molecule has 1 aliphatic rings. The van der Waals surface area contributed by atoms with Crippen molar-refractivity contribution in [1.82, 2.24) is 19.8 Å². The highest BCUT2D eigenvalue weighted by Gasteiger charge is 2.17. The van der Waals surface area contributed by atoms with E-state index < -0.39 is 0 Å². The van der Waals surface area contributed by atoms with Gasteiger partial charge in [-0.3, -0.25) is 14.2 Å². The maximum absolute atomic E-state index is 13.0. The number of aryl methyl sites for hydroxylation is 1. The van der Waals surface area contributed by atoms with E-state index in [2.05, 4.69) is 22.3 Å². The van der Waals surface area contributed by atoms with Crippen LogP contribution in [0.15, 0.2) is 53.3 Å². The highest BCUT2D eigenvalue weighted by molar-refractivity contribution is 5.97. The molecule has 6 heteroatoms. The molecule has 2 heterocycles. The molecule has 0 radical (unpaired) electrons. The molecule has 2 aromatic carbocycles. The van der Waals surface area contributed by atoms with Crippen LogP contribution in [-0.2, 0) is 19.4 Å². The summed E-state index contributed by atoms with van der Waals surface area (Å²) in [6.45, 7) is 1.27. The molecule has 3 aromatic rings. The molecule has 168 valence electrons. The van der Waals surface area contributed by atoms with Gasteiger partial charge in [0.05, 0.1) is 10.9 Å². The molecular formula is C26H32N4O2. The van der Waals surface area contributed by atoms with Gasteiger partial charge in [-0.25, -0.2) is 4.98 Å². The van der Waals surface area contributed by atoms with Crippen LogP contribution in [0.2, 0.25) is 0 Å². The van der Waals surface area contributed by atoms with Gasteiger partial charge in [0.1, 0.15) is 5.82 Å². The SMILES string of the molecule is CN(C)C(CNC(=O)c1ccc2c(=O)n3c(nc2c1)CCCCCC3)Cc1ccccc1. The lowest BCUT2D eigenvalue weighted by atomic mass is 10.0. The Balaban J connectivity index is 1.51. The summed E-state index contributed by atoms with van der Waals surface area (Å²) in [7, 11) is 4.06. The average Bonchev–Trinajstić information content (AvgIpc) is 2.78. The lowest BCUT2D eigenvalue weighted by molar-refractivity contribution is 0.0942. The molecule has 1 unspecified atom stereocenters. The molecule has 1 N–H and O–H groups in total. The topological polar surface area (TPSA) is 67.2 Å². The van der Waals surface area contributed by atoms with E-state index in [1.807, 2.05) is 36.9 Å².